The zero-order valence-corrected chi connectivity index (χ0v) is 31.9. The summed E-state index contributed by atoms with van der Waals surface area (Å²) in [7, 11) is 1.32. The molecule has 56 heavy (non-hydrogen) atoms. The molecule has 1 aliphatic carbocycles. The lowest BCUT2D eigenvalue weighted by Gasteiger charge is -2.25. The number of carbonyl (C=O) groups excluding carboxylic acids is 1. The van der Waals surface area contributed by atoms with Gasteiger partial charge in [0.25, 0.3) is 0 Å². The Morgan fingerprint density at radius 3 is 1.12 bits per heavy atom. The summed E-state index contributed by atoms with van der Waals surface area (Å²) in [5, 5.41) is 10.3. The molecule has 5 nitrogen and oxygen atoms in total. The average molecular weight is 760 g/mol. The van der Waals surface area contributed by atoms with Crippen molar-refractivity contribution in [2.24, 2.45) is 0 Å². The third kappa shape index (κ3) is 6.37. The fraction of sp³-hybridized carbons (Fsp3) is 0.0204. The van der Waals surface area contributed by atoms with E-state index in [1.807, 2.05) is 72.8 Å². The number of nitriles is 1. The van der Waals surface area contributed by atoms with Crippen molar-refractivity contribution in [3.8, 4) is 36.7 Å². The highest BCUT2D eigenvalue weighted by Crippen LogP contribution is 2.56. The smallest absolute Gasteiger partial charge is 0.349 e. The molecule has 9 rings (SSSR count). The first-order valence-corrected chi connectivity index (χ1v) is 19.8. The molecule has 268 valence electrons. The second-order valence-corrected chi connectivity index (χ2v) is 15.3. The number of thiophene rings is 2. The van der Waals surface area contributed by atoms with E-state index in [1.54, 1.807) is 22.7 Å². The molecule has 0 unspecified atom stereocenters. The molecule has 0 aliphatic heterocycles. The van der Waals surface area contributed by atoms with Crippen LogP contribution in [0.1, 0.15) is 11.1 Å². The normalized spacial score (nSPS) is 11.3. The number of rotatable bonds is 9. The largest absolute Gasteiger partial charge is 0.465 e. The summed E-state index contributed by atoms with van der Waals surface area (Å²) in [5.74, 6) is -0.640. The number of esters is 1. The van der Waals surface area contributed by atoms with Crippen molar-refractivity contribution >= 4 is 68.3 Å². The molecule has 0 saturated carbocycles. The molecule has 2 aromatic heterocycles. The van der Waals surface area contributed by atoms with Crippen LogP contribution < -0.4 is 9.80 Å². The lowest BCUT2D eigenvalue weighted by Crippen LogP contribution is -2.09. The molecule has 1 aliphatic rings. The number of ether oxygens (including phenoxy) is 1. The maximum absolute atomic E-state index is 13.1. The predicted molar refractivity (Wildman–Crippen MR) is 232 cm³/mol. The second kappa shape index (κ2) is 15.0. The first-order chi connectivity index (χ1) is 27.6. The van der Waals surface area contributed by atoms with E-state index in [-0.39, 0.29) is 5.57 Å². The minimum absolute atomic E-state index is 0.00891. The van der Waals surface area contributed by atoms with Gasteiger partial charge in [0, 0.05) is 60.6 Å². The number of benzene rings is 6. The van der Waals surface area contributed by atoms with Gasteiger partial charge >= 0.3 is 5.97 Å². The molecule has 0 radical (unpaired) electrons. The van der Waals surface area contributed by atoms with Crippen LogP contribution in [0.4, 0.5) is 34.1 Å². The Hall–Kier alpha value is -6.98. The van der Waals surface area contributed by atoms with Crippen molar-refractivity contribution < 1.29 is 9.53 Å². The fourth-order valence-electron chi connectivity index (χ4n) is 7.25. The van der Waals surface area contributed by atoms with Gasteiger partial charge in [0.1, 0.15) is 11.6 Å². The molecule has 0 spiro atoms. The second-order valence-electron chi connectivity index (χ2n) is 13.2. The van der Waals surface area contributed by atoms with Crippen molar-refractivity contribution in [3.63, 3.8) is 0 Å². The number of hydrogen-bond donors (Lipinski definition) is 0. The third-order valence-electron chi connectivity index (χ3n) is 9.84. The molecule has 8 aromatic rings. The summed E-state index contributed by atoms with van der Waals surface area (Å²) in [5.41, 5.74) is 10.9. The first kappa shape index (κ1) is 34.8. The summed E-state index contributed by atoms with van der Waals surface area (Å²) >= 11 is 3.36. The van der Waals surface area contributed by atoms with Gasteiger partial charge in [-0.25, -0.2) is 4.79 Å². The first-order valence-electron chi connectivity index (χ1n) is 18.1. The van der Waals surface area contributed by atoms with Gasteiger partial charge in [0.2, 0.25) is 0 Å². The molecule has 0 bridgehead atoms. The number of fused-ring (bicyclic) bond motifs is 3. The molecule has 0 saturated heterocycles. The van der Waals surface area contributed by atoms with Crippen LogP contribution in [0.25, 0.3) is 36.2 Å². The summed E-state index contributed by atoms with van der Waals surface area (Å²) in [6, 6.07) is 64.9. The molecule has 6 aromatic carbocycles. The van der Waals surface area contributed by atoms with Crippen molar-refractivity contribution in [1.82, 2.24) is 0 Å². The van der Waals surface area contributed by atoms with Gasteiger partial charge < -0.3 is 14.5 Å². The molecular formula is C49H33N3O2S2. The van der Waals surface area contributed by atoms with E-state index >= 15 is 0 Å². The molecule has 7 heteroatoms. The quantitative estimate of drug-likeness (QED) is 0.0833. The molecule has 2 heterocycles. The fourth-order valence-corrected chi connectivity index (χ4v) is 9.75. The van der Waals surface area contributed by atoms with E-state index in [1.165, 1.54) is 7.11 Å². The number of para-hydroxylation sites is 4. The van der Waals surface area contributed by atoms with Gasteiger partial charge in [0.05, 0.1) is 16.9 Å². The van der Waals surface area contributed by atoms with Crippen molar-refractivity contribution in [2.75, 3.05) is 16.9 Å². The van der Waals surface area contributed by atoms with Gasteiger partial charge in [0.15, 0.2) is 0 Å². The zero-order chi connectivity index (χ0) is 38.0. The Morgan fingerprint density at radius 1 is 0.500 bits per heavy atom. The van der Waals surface area contributed by atoms with E-state index in [4.69, 9.17) is 4.74 Å². The van der Waals surface area contributed by atoms with Crippen LogP contribution in [0.5, 0.6) is 0 Å². The summed E-state index contributed by atoms with van der Waals surface area (Å²) in [6.07, 6.45) is 0. The van der Waals surface area contributed by atoms with Crippen LogP contribution >= 0.6 is 22.7 Å². The van der Waals surface area contributed by atoms with Crippen LogP contribution in [0.15, 0.2) is 188 Å². The Bertz CT molecular complexity index is 2480. The minimum Gasteiger partial charge on any atom is -0.465 e. The highest BCUT2D eigenvalue weighted by molar-refractivity contribution is 7.26. The van der Waals surface area contributed by atoms with Crippen molar-refractivity contribution in [2.45, 2.75) is 0 Å². The molecule has 0 N–H and O–H groups in total. The Labute approximate surface area is 333 Å². The van der Waals surface area contributed by atoms with Gasteiger partial charge in [-0.3, -0.25) is 0 Å². The Morgan fingerprint density at radius 2 is 0.821 bits per heavy atom. The molecule has 0 atom stereocenters. The summed E-state index contributed by atoms with van der Waals surface area (Å²) < 4.78 is 5.12. The molecular weight excluding hydrogens is 727 g/mol. The topological polar surface area (TPSA) is 56.6 Å². The Kier molecular flexibility index (Phi) is 9.34. The SMILES string of the molecule is COC(=O)C(C#N)=C1c2cc(-c3ccc(N(c4ccccc4)c4ccccc4)cc3)sc2-c2sc(-c3ccc(N(c4ccccc4)c4ccccc4)cc3)cc21. The minimum atomic E-state index is -0.640. The number of hydrogen-bond acceptors (Lipinski definition) is 7. The molecule has 0 fully saturated rings. The Balaban J connectivity index is 1.09. The highest BCUT2D eigenvalue weighted by Gasteiger charge is 2.34. The summed E-state index contributed by atoms with van der Waals surface area (Å²) in [6.45, 7) is 0. The van der Waals surface area contributed by atoms with Gasteiger partial charge in [-0.15, -0.1) is 22.7 Å². The van der Waals surface area contributed by atoms with Crippen LogP contribution in [0.2, 0.25) is 0 Å². The lowest BCUT2D eigenvalue weighted by atomic mass is 9.99. The van der Waals surface area contributed by atoms with Crippen LogP contribution in [-0.2, 0) is 9.53 Å². The van der Waals surface area contributed by atoms with E-state index in [0.717, 1.165) is 75.9 Å². The van der Waals surface area contributed by atoms with E-state index in [2.05, 4.69) is 125 Å². The molecule has 0 amide bonds. The lowest BCUT2D eigenvalue weighted by molar-refractivity contribution is -0.135. The summed E-state index contributed by atoms with van der Waals surface area (Å²) in [4.78, 5) is 21.8. The van der Waals surface area contributed by atoms with Crippen LogP contribution in [0.3, 0.4) is 0 Å². The van der Waals surface area contributed by atoms with E-state index in [9.17, 15) is 10.1 Å². The van der Waals surface area contributed by atoms with Crippen molar-refractivity contribution in [3.05, 3.63) is 199 Å². The van der Waals surface area contributed by atoms with E-state index in [0.29, 0.717) is 5.57 Å². The standard InChI is InChI=1S/C49H33N3O2S2/c1-54-49(53)43(32-50)46-41-30-44(33-22-26-39(27-23-33)51(35-14-6-2-7-15-35)36-16-8-3-9-17-36)55-47(41)48-42(46)31-45(56-48)34-24-28-40(29-25-34)52(37-18-10-4-11-19-37)38-20-12-5-13-21-38/h2-31H,1H3. The number of nitrogens with zero attached hydrogens (tertiary/aromatic N) is 3. The van der Waals surface area contributed by atoms with Gasteiger partial charge in [-0.1, -0.05) is 97.1 Å². The predicted octanol–water partition coefficient (Wildman–Crippen LogP) is 13.6. The highest BCUT2D eigenvalue weighted by atomic mass is 32.1. The third-order valence-corrected chi connectivity index (χ3v) is 12.4. The van der Waals surface area contributed by atoms with E-state index < -0.39 is 5.97 Å². The van der Waals surface area contributed by atoms with Crippen LogP contribution in [0, 0.1) is 11.3 Å². The van der Waals surface area contributed by atoms with Gasteiger partial charge in [-0.2, -0.15) is 5.26 Å². The number of carbonyl (C=O) groups is 1. The zero-order valence-electron chi connectivity index (χ0n) is 30.3. The number of methoxy groups -OCH3 is 1. The maximum atomic E-state index is 13.1. The average Bonchev–Trinajstić information content (AvgIpc) is 3.96. The van der Waals surface area contributed by atoms with Gasteiger partial charge in [-0.05, 0) is 96.1 Å². The number of anilines is 6. The van der Waals surface area contributed by atoms with Crippen molar-refractivity contribution in [1.29, 1.82) is 5.26 Å². The monoisotopic (exact) mass is 759 g/mol. The van der Waals surface area contributed by atoms with Crippen LogP contribution in [-0.4, -0.2) is 13.1 Å². The maximum Gasteiger partial charge on any atom is 0.349 e.